The molecule has 5 nitrogen and oxygen atoms in total. The fourth-order valence-corrected chi connectivity index (χ4v) is 4.41. The van der Waals surface area contributed by atoms with Crippen LogP contribution >= 0.6 is 24.0 Å². The van der Waals surface area contributed by atoms with Crippen molar-refractivity contribution in [1.82, 2.24) is 9.78 Å². The van der Waals surface area contributed by atoms with Crippen LogP contribution in [0.3, 0.4) is 0 Å². The molecule has 0 aliphatic carbocycles. The van der Waals surface area contributed by atoms with Gasteiger partial charge in [-0.3, -0.25) is 9.48 Å². The summed E-state index contributed by atoms with van der Waals surface area (Å²) in [5, 5.41) is 7.14. The lowest BCUT2D eigenvalue weighted by Crippen LogP contribution is -2.22. The van der Waals surface area contributed by atoms with Crippen LogP contribution in [0.25, 0.3) is 0 Å². The van der Waals surface area contributed by atoms with Crippen molar-refractivity contribution in [2.24, 2.45) is 5.16 Å². The van der Waals surface area contributed by atoms with Gasteiger partial charge in [0.15, 0.2) is 0 Å². The minimum absolute atomic E-state index is 0.0835. The first-order valence-electron chi connectivity index (χ1n) is 7.78. The predicted molar refractivity (Wildman–Crippen MR) is 102 cm³/mol. The van der Waals surface area contributed by atoms with Gasteiger partial charge in [-0.05, 0) is 31.0 Å². The van der Waals surface area contributed by atoms with Crippen molar-refractivity contribution >= 4 is 34.6 Å². The van der Waals surface area contributed by atoms with E-state index in [1.807, 2.05) is 31.7 Å². The standard InChI is InChI=1S/C17H19N3O2S2/c1-4-20-17(21)12(9-18-20)16(23)11-5-6-14-15(10(11)2)13(19-22-3)7-8-24-14/h5-6,9,18H,4,7-8H2,1-3H3. The summed E-state index contributed by atoms with van der Waals surface area (Å²) in [6.07, 6.45) is 2.54. The molecule has 0 radical (unpaired) electrons. The van der Waals surface area contributed by atoms with Crippen molar-refractivity contribution in [1.29, 1.82) is 0 Å². The Bertz CT molecular complexity index is 880. The second-order valence-electron chi connectivity index (χ2n) is 5.50. The van der Waals surface area contributed by atoms with Gasteiger partial charge in [0.1, 0.15) is 7.11 Å². The fraction of sp³-hybridized carbons (Fsp3) is 0.353. The number of thiocarbonyl (C=S) groups is 1. The van der Waals surface area contributed by atoms with Gasteiger partial charge in [-0.15, -0.1) is 11.8 Å². The summed E-state index contributed by atoms with van der Waals surface area (Å²) in [6, 6.07) is 4.06. The third kappa shape index (κ3) is 2.82. The Morgan fingerprint density at radius 2 is 2.25 bits per heavy atom. The van der Waals surface area contributed by atoms with Crippen molar-refractivity contribution < 1.29 is 4.84 Å². The maximum atomic E-state index is 12.4. The van der Waals surface area contributed by atoms with E-state index in [0.717, 1.165) is 34.6 Å². The smallest absolute Gasteiger partial charge is 0.275 e. The number of hydrogen-bond acceptors (Lipinski definition) is 5. The first-order chi connectivity index (χ1) is 11.6. The maximum Gasteiger partial charge on any atom is 0.275 e. The second-order valence-corrected chi connectivity index (χ2v) is 7.04. The number of benzene rings is 1. The molecule has 1 aromatic carbocycles. The van der Waals surface area contributed by atoms with Gasteiger partial charge < -0.3 is 9.94 Å². The van der Waals surface area contributed by atoms with Gasteiger partial charge in [-0.25, -0.2) is 0 Å². The number of aromatic nitrogens is 2. The molecular weight excluding hydrogens is 342 g/mol. The van der Waals surface area contributed by atoms with Crippen LogP contribution in [0.1, 0.15) is 35.6 Å². The lowest BCUT2D eigenvalue weighted by Gasteiger charge is -2.21. The highest BCUT2D eigenvalue weighted by Gasteiger charge is 2.23. The summed E-state index contributed by atoms with van der Waals surface area (Å²) < 4.78 is 1.54. The minimum atomic E-state index is -0.0835. The van der Waals surface area contributed by atoms with Crippen LogP contribution in [0.5, 0.6) is 0 Å². The zero-order valence-corrected chi connectivity index (χ0v) is 15.5. The van der Waals surface area contributed by atoms with E-state index in [0.29, 0.717) is 17.0 Å². The van der Waals surface area contributed by atoms with Crippen molar-refractivity contribution in [3.05, 3.63) is 50.9 Å². The van der Waals surface area contributed by atoms with E-state index in [1.54, 1.807) is 18.0 Å². The van der Waals surface area contributed by atoms with Crippen LogP contribution in [0.2, 0.25) is 0 Å². The topological polar surface area (TPSA) is 59.4 Å². The SMILES string of the molecule is CCn1[nH]cc(C(=S)c2ccc3c(c2C)C(=NOC)CCS3)c1=O. The van der Waals surface area contributed by atoms with Crippen LogP contribution in [-0.2, 0) is 11.4 Å². The molecule has 0 unspecified atom stereocenters. The Morgan fingerprint density at radius 1 is 1.46 bits per heavy atom. The molecule has 126 valence electrons. The average Bonchev–Trinajstić information content (AvgIpc) is 2.95. The Hall–Kier alpha value is -1.86. The van der Waals surface area contributed by atoms with Crippen molar-refractivity contribution in [2.75, 3.05) is 12.9 Å². The van der Waals surface area contributed by atoms with Gasteiger partial charge in [-0.1, -0.05) is 23.4 Å². The molecule has 1 aliphatic rings. The number of nitrogens with zero attached hydrogens (tertiary/aromatic N) is 2. The summed E-state index contributed by atoms with van der Waals surface area (Å²) in [6.45, 7) is 4.54. The van der Waals surface area contributed by atoms with Crippen LogP contribution in [0.4, 0.5) is 0 Å². The van der Waals surface area contributed by atoms with Crippen molar-refractivity contribution in [3.8, 4) is 0 Å². The van der Waals surface area contributed by atoms with Crippen LogP contribution < -0.4 is 5.56 Å². The van der Waals surface area contributed by atoms with Crippen LogP contribution in [0.15, 0.2) is 33.2 Å². The van der Waals surface area contributed by atoms with Gasteiger partial charge in [-0.2, -0.15) is 0 Å². The number of thioether (sulfide) groups is 1. The Balaban J connectivity index is 2.11. The lowest BCUT2D eigenvalue weighted by atomic mass is 9.94. The number of H-pyrrole nitrogens is 1. The number of hydrogen-bond donors (Lipinski definition) is 1. The molecule has 0 amide bonds. The minimum Gasteiger partial charge on any atom is -0.399 e. The summed E-state index contributed by atoms with van der Waals surface area (Å²) in [7, 11) is 1.56. The molecule has 24 heavy (non-hydrogen) atoms. The van der Waals surface area contributed by atoms with Gasteiger partial charge in [0.05, 0.1) is 16.1 Å². The molecule has 1 N–H and O–H groups in total. The third-order valence-corrected chi connectivity index (χ3v) is 5.66. The highest BCUT2D eigenvalue weighted by molar-refractivity contribution is 7.99. The summed E-state index contributed by atoms with van der Waals surface area (Å²) in [4.78, 5) is 19.1. The Labute approximate surface area is 150 Å². The molecule has 0 fully saturated rings. The maximum absolute atomic E-state index is 12.4. The quantitative estimate of drug-likeness (QED) is 0.516. The first-order valence-corrected chi connectivity index (χ1v) is 9.17. The van der Waals surface area contributed by atoms with E-state index in [1.165, 1.54) is 4.90 Å². The lowest BCUT2D eigenvalue weighted by molar-refractivity contribution is 0.213. The number of aryl methyl sites for hydroxylation is 1. The molecule has 0 atom stereocenters. The zero-order valence-electron chi connectivity index (χ0n) is 13.9. The van der Waals surface area contributed by atoms with Crippen LogP contribution in [-0.4, -0.2) is 33.2 Å². The molecule has 7 heteroatoms. The highest BCUT2D eigenvalue weighted by Crippen LogP contribution is 2.34. The number of rotatable bonds is 4. The molecule has 0 saturated heterocycles. The Kier molecular flexibility index (Phi) is 4.91. The third-order valence-electron chi connectivity index (χ3n) is 4.16. The molecule has 2 heterocycles. The zero-order chi connectivity index (χ0) is 17.3. The molecule has 0 spiro atoms. The number of aromatic amines is 1. The van der Waals surface area contributed by atoms with E-state index >= 15 is 0 Å². The second kappa shape index (κ2) is 6.94. The molecular formula is C17H19N3O2S2. The average molecular weight is 361 g/mol. The largest absolute Gasteiger partial charge is 0.399 e. The molecule has 1 aliphatic heterocycles. The van der Waals surface area contributed by atoms with E-state index in [4.69, 9.17) is 17.1 Å². The molecule has 3 rings (SSSR count). The Morgan fingerprint density at radius 3 is 2.92 bits per heavy atom. The van der Waals surface area contributed by atoms with Crippen LogP contribution in [0, 0.1) is 6.92 Å². The summed E-state index contributed by atoms with van der Waals surface area (Å²) in [5.41, 5.74) is 4.41. The molecule has 1 aromatic heterocycles. The number of fused-ring (bicyclic) bond motifs is 1. The molecule has 0 bridgehead atoms. The van der Waals surface area contributed by atoms with E-state index in [2.05, 4.69) is 16.3 Å². The van der Waals surface area contributed by atoms with Gasteiger partial charge in [0.25, 0.3) is 5.56 Å². The molecule has 2 aromatic rings. The van der Waals surface area contributed by atoms with Crippen molar-refractivity contribution in [2.45, 2.75) is 31.7 Å². The normalized spacial score (nSPS) is 15.4. The first kappa shape index (κ1) is 17.0. The monoisotopic (exact) mass is 361 g/mol. The fourth-order valence-electron chi connectivity index (χ4n) is 2.95. The van der Waals surface area contributed by atoms with Gasteiger partial charge >= 0.3 is 0 Å². The van der Waals surface area contributed by atoms with Gasteiger partial charge in [0.2, 0.25) is 0 Å². The van der Waals surface area contributed by atoms with E-state index in [9.17, 15) is 4.79 Å². The van der Waals surface area contributed by atoms with E-state index < -0.39 is 0 Å². The summed E-state index contributed by atoms with van der Waals surface area (Å²) >= 11 is 7.43. The predicted octanol–water partition coefficient (Wildman–Crippen LogP) is 3.12. The number of oxime groups is 1. The number of nitrogens with one attached hydrogen (secondary N) is 1. The van der Waals surface area contributed by atoms with Crippen molar-refractivity contribution in [3.63, 3.8) is 0 Å². The van der Waals surface area contributed by atoms with Gasteiger partial charge in [0, 0.05) is 35.4 Å². The van der Waals surface area contributed by atoms with E-state index in [-0.39, 0.29) is 5.56 Å². The molecule has 0 saturated carbocycles. The summed E-state index contributed by atoms with van der Waals surface area (Å²) in [5.74, 6) is 0.984. The highest BCUT2D eigenvalue weighted by atomic mass is 32.2.